The highest BCUT2D eigenvalue weighted by atomic mass is 19.4. The maximum Gasteiger partial charge on any atom is 0.416 e. The smallest absolute Gasteiger partial charge is 0.368 e. The lowest BCUT2D eigenvalue weighted by Gasteiger charge is -2.28. The van der Waals surface area contributed by atoms with E-state index in [4.69, 9.17) is 10.3 Å². The Morgan fingerprint density at radius 3 is 2.42 bits per heavy atom. The molecule has 2 aromatic rings. The van der Waals surface area contributed by atoms with Gasteiger partial charge in [-0.2, -0.15) is 13.2 Å². The number of halogens is 3. The number of nitrogens with one attached hydrogen (secondary N) is 1. The highest BCUT2D eigenvalue weighted by Gasteiger charge is 2.36. The molecule has 1 amide bonds. The summed E-state index contributed by atoms with van der Waals surface area (Å²) in [5, 5.41) is 6.73. The molecule has 0 aliphatic heterocycles. The van der Waals surface area contributed by atoms with E-state index in [2.05, 4.69) is 10.5 Å². The lowest BCUT2D eigenvalue weighted by molar-refractivity contribution is -0.138. The molecule has 5 nitrogen and oxygen atoms in total. The van der Waals surface area contributed by atoms with Gasteiger partial charge in [0.05, 0.1) is 11.3 Å². The van der Waals surface area contributed by atoms with Gasteiger partial charge in [0.15, 0.2) is 0 Å². The number of aromatic nitrogens is 1. The standard InChI is InChI=1S/C16H18F3N3O2/c1-9-13(10(2)24-22-9)8-21-15(3,14(20)23)11-5-4-6-12(7-11)16(17,18)19/h4-7,21H,8H2,1-3H3,(H2,20,23)/t15-/m1/s1. The average molecular weight is 341 g/mol. The van der Waals surface area contributed by atoms with Crippen molar-refractivity contribution in [2.45, 2.75) is 39.0 Å². The summed E-state index contributed by atoms with van der Waals surface area (Å²) >= 11 is 0. The molecule has 0 spiro atoms. The second-order valence-corrected chi connectivity index (χ2v) is 5.72. The third-order valence-corrected chi connectivity index (χ3v) is 4.06. The second-order valence-electron chi connectivity index (χ2n) is 5.72. The van der Waals surface area contributed by atoms with Crippen molar-refractivity contribution < 1.29 is 22.5 Å². The number of carbonyl (C=O) groups is 1. The molecule has 8 heteroatoms. The summed E-state index contributed by atoms with van der Waals surface area (Å²) in [6, 6.07) is 4.54. The first-order chi connectivity index (χ1) is 11.1. The van der Waals surface area contributed by atoms with Crippen molar-refractivity contribution in [1.29, 1.82) is 0 Å². The van der Waals surface area contributed by atoms with Crippen molar-refractivity contribution in [2.24, 2.45) is 5.73 Å². The fourth-order valence-electron chi connectivity index (χ4n) is 2.36. The fraction of sp³-hybridized carbons (Fsp3) is 0.375. The minimum absolute atomic E-state index is 0.136. The highest BCUT2D eigenvalue weighted by Crippen LogP contribution is 2.32. The molecular weight excluding hydrogens is 323 g/mol. The van der Waals surface area contributed by atoms with Gasteiger partial charge < -0.3 is 10.3 Å². The molecule has 0 bridgehead atoms. The normalized spacial score (nSPS) is 14.4. The quantitative estimate of drug-likeness (QED) is 0.876. The van der Waals surface area contributed by atoms with Gasteiger partial charge in [-0.3, -0.25) is 10.1 Å². The van der Waals surface area contributed by atoms with Crippen molar-refractivity contribution in [2.75, 3.05) is 0 Å². The number of hydrogen-bond donors (Lipinski definition) is 2. The average Bonchev–Trinajstić information content (AvgIpc) is 2.82. The molecule has 0 aliphatic carbocycles. The monoisotopic (exact) mass is 341 g/mol. The van der Waals surface area contributed by atoms with Crippen LogP contribution in [0.3, 0.4) is 0 Å². The summed E-state index contributed by atoms with van der Waals surface area (Å²) in [7, 11) is 0. The van der Waals surface area contributed by atoms with Crippen LogP contribution in [0.25, 0.3) is 0 Å². The van der Waals surface area contributed by atoms with Crippen LogP contribution in [0, 0.1) is 13.8 Å². The van der Waals surface area contributed by atoms with E-state index < -0.39 is 23.2 Å². The first kappa shape index (κ1) is 18.0. The SMILES string of the molecule is Cc1noc(C)c1CN[C@@](C)(C(N)=O)c1cccc(C(F)(F)F)c1. The van der Waals surface area contributed by atoms with Crippen molar-refractivity contribution in [3.63, 3.8) is 0 Å². The van der Waals surface area contributed by atoms with Crippen LogP contribution >= 0.6 is 0 Å². The molecular formula is C16H18F3N3O2. The topological polar surface area (TPSA) is 81.2 Å². The van der Waals surface area contributed by atoms with E-state index in [1.807, 2.05) is 0 Å². The van der Waals surface area contributed by atoms with E-state index in [1.165, 1.54) is 19.1 Å². The summed E-state index contributed by atoms with van der Waals surface area (Å²) in [4.78, 5) is 12.0. The third kappa shape index (κ3) is 3.43. The number of rotatable bonds is 5. The Hall–Kier alpha value is -2.35. The first-order valence-electron chi connectivity index (χ1n) is 7.20. The number of alkyl halides is 3. The Kier molecular flexibility index (Phi) is 4.70. The molecule has 24 heavy (non-hydrogen) atoms. The third-order valence-electron chi connectivity index (χ3n) is 4.06. The van der Waals surface area contributed by atoms with Crippen molar-refractivity contribution in [1.82, 2.24) is 10.5 Å². The van der Waals surface area contributed by atoms with E-state index in [-0.39, 0.29) is 12.1 Å². The summed E-state index contributed by atoms with van der Waals surface area (Å²) in [5.41, 5.74) is 4.64. The molecule has 0 unspecified atom stereocenters. The number of primary amides is 1. The van der Waals surface area contributed by atoms with Gasteiger partial charge in [0.1, 0.15) is 11.3 Å². The first-order valence-corrected chi connectivity index (χ1v) is 7.20. The molecule has 0 saturated heterocycles. The largest absolute Gasteiger partial charge is 0.416 e. The van der Waals surface area contributed by atoms with Gasteiger partial charge in [-0.1, -0.05) is 17.3 Å². The van der Waals surface area contributed by atoms with Gasteiger partial charge in [0.2, 0.25) is 5.91 Å². The van der Waals surface area contributed by atoms with Crippen LogP contribution in [0.5, 0.6) is 0 Å². The van der Waals surface area contributed by atoms with Crippen LogP contribution in [0.2, 0.25) is 0 Å². The maximum absolute atomic E-state index is 12.9. The Morgan fingerprint density at radius 2 is 1.92 bits per heavy atom. The Balaban J connectivity index is 2.36. The van der Waals surface area contributed by atoms with E-state index in [0.29, 0.717) is 11.5 Å². The molecule has 1 aromatic heterocycles. The minimum atomic E-state index is -4.50. The molecule has 130 valence electrons. The zero-order valence-corrected chi connectivity index (χ0v) is 13.5. The predicted octanol–water partition coefficient (Wildman–Crippen LogP) is 2.80. The van der Waals surface area contributed by atoms with Gasteiger partial charge in [0.25, 0.3) is 0 Å². The van der Waals surface area contributed by atoms with Crippen molar-refractivity contribution in [3.05, 3.63) is 52.4 Å². The molecule has 1 aromatic carbocycles. The number of benzene rings is 1. The number of carbonyl (C=O) groups excluding carboxylic acids is 1. The van der Waals surface area contributed by atoms with Crippen LogP contribution < -0.4 is 11.1 Å². The molecule has 0 fully saturated rings. The van der Waals surface area contributed by atoms with E-state index in [0.717, 1.165) is 17.7 Å². The number of nitrogens with zero attached hydrogens (tertiary/aromatic N) is 1. The van der Waals surface area contributed by atoms with Gasteiger partial charge >= 0.3 is 6.18 Å². The zero-order chi connectivity index (χ0) is 18.1. The Bertz CT molecular complexity index is 736. The molecule has 3 N–H and O–H groups in total. The second kappa shape index (κ2) is 6.27. The van der Waals surface area contributed by atoms with Crippen LogP contribution in [0.4, 0.5) is 13.2 Å². The number of aryl methyl sites for hydroxylation is 2. The number of nitrogens with two attached hydrogens (primary N) is 1. The minimum Gasteiger partial charge on any atom is -0.368 e. The summed E-state index contributed by atoms with van der Waals surface area (Å²) in [6.07, 6.45) is -4.50. The van der Waals surface area contributed by atoms with Gasteiger partial charge in [-0.15, -0.1) is 0 Å². The van der Waals surface area contributed by atoms with Crippen LogP contribution in [-0.2, 0) is 23.1 Å². The maximum atomic E-state index is 12.9. The van der Waals surface area contributed by atoms with E-state index in [9.17, 15) is 18.0 Å². The van der Waals surface area contributed by atoms with Crippen LogP contribution in [0.1, 0.15) is 35.1 Å². The highest BCUT2D eigenvalue weighted by molar-refractivity contribution is 5.85. The number of amides is 1. The van der Waals surface area contributed by atoms with Crippen molar-refractivity contribution in [3.8, 4) is 0 Å². The zero-order valence-electron chi connectivity index (χ0n) is 13.5. The lowest BCUT2D eigenvalue weighted by Crippen LogP contribution is -2.50. The van der Waals surface area contributed by atoms with Gasteiger partial charge in [0, 0.05) is 12.1 Å². The fourth-order valence-corrected chi connectivity index (χ4v) is 2.36. The summed E-state index contributed by atoms with van der Waals surface area (Å²) < 4.78 is 43.8. The lowest BCUT2D eigenvalue weighted by atomic mass is 9.89. The molecule has 1 heterocycles. The summed E-state index contributed by atoms with van der Waals surface area (Å²) in [6.45, 7) is 5.07. The molecule has 0 saturated carbocycles. The molecule has 2 rings (SSSR count). The number of hydrogen-bond acceptors (Lipinski definition) is 4. The molecule has 0 aliphatic rings. The Morgan fingerprint density at radius 1 is 1.29 bits per heavy atom. The summed E-state index contributed by atoms with van der Waals surface area (Å²) in [5.74, 6) is -0.218. The van der Waals surface area contributed by atoms with Crippen molar-refractivity contribution >= 4 is 5.91 Å². The van der Waals surface area contributed by atoms with Gasteiger partial charge in [-0.25, -0.2) is 0 Å². The predicted molar refractivity (Wildman–Crippen MR) is 80.8 cm³/mol. The van der Waals surface area contributed by atoms with Gasteiger partial charge in [-0.05, 0) is 38.5 Å². The molecule has 0 radical (unpaired) electrons. The van der Waals surface area contributed by atoms with Crippen LogP contribution in [-0.4, -0.2) is 11.1 Å². The molecule has 1 atom stereocenters. The van der Waals surface area contributed by atoms with E-state index in [1.54, 1.807) is 13.8 Å². The van der Waals surface area contributed by atoms with Crippen LogP contribution in [0.15, 0.2) is 28.8 Å². The van der Waals surface area contributed by atoms with E-state index >= 15 is 0 Å². The Labute approximate surface area is 137 Å².